The average molecular weight is 465 g/mol. The summed E-state index contributed by atoms with van der Waals surface area (Å²) in [6.07, 6.45) is 2.89. The third-order valence-electron chi connectivity index (χ3n) is 6.83. The van der Waals surface area contributed by atoms with Gasteiger partial charge in [-0.1, -0.05) is 61.9 Å². The molecule has 2 aromatic carbocycles. The summed E-state index contributed by atoms with van der Waals surface area (Å²) >= 11 is 0. The predicted octanol–water partition coefficient (Wildman–Crippen LogP) is 4.55. The number of carboxylic acids is 1. The topological polar surface area (TPSA) is 95.9 Å². The van der Waals surface area contributed by atoms with E-state index in [0.29, 0.717) is 25.8 Å². The fourth-order valence-electron chi connectivity index (χ4n) is 5.23. The Morgan fingerprint density at radius 1 is 1.06 bits per heavy atom. The molecule has 7 heteroatoms. The average Bonchev–Trinajstić information content (AvgIpc) is 3.16. The minimum Gasteiger partial charge on any atom is -0.481 e. The fourth-order valence-corrected chi connectivity index (χ4v) is 5.23. The summed E-state index contributed by atoms with van der Waals surface area (Å²) in [6, 6.07) is 15.2. The van der Waals surface area contributed by atoms with Crippen molar-refractivity contribution in [2.24, 2.45) is 0 Å². The van der Waals surface area contributed by atoms with Crippen LogP contribution in [0.2, 0.25) is 0 Å². The first kappa shape index (κ1) is 23.8. The van der Waals surface area contributed by atoms with E-state index in [2.05, 4.69) is 29.6 Å². The maximum Gasteiger partial charge on any atom is 0.407 e. The molecule has 1 heterocycles. The van der Waals surface area contributed by atoms with Gasteiger partial charge in [-0.3, -0.25) is 9.59 Å². The zero-order valence-electron chi connectivity index (χ0n) is 19.5. The van der Waals surface area contributed by atoms with Crippen LogP contribution in [0.25, 0.3) is 11.1 Å². The van der Waals surface area contributed by atoms with Crippen LogP contribution in [0.4, 0.5) is 4.79 Å². The van der Waals surface area contributed by atoms with Crippen molar-refractivity contribution < 1.29 is 24.2 Å². The van der Waals surface area contributed by atoms with Gasteiger partial charge in [-0.05, 0) is 47.9 Å². The zero-order valence-corrected chi connectivity index (χ0v) is 19.5. The van der Waals surface area contributed by atoms with Crippen LogP contribution in [-0.2, 0) is 14.3 Å². The van der Waals surface area contributed by atoms with E-state index in [1.165, 1.54) is 0 Å². The summed E-state index contributed by atoms with van der Waals surface area (Å²) in [6.45, 7) is 2.65. The highest BCUT2D eigenvalue weighted by atomic mass is 16.5. The van der Waals surface area contributed by atoms with E-state index in [0.717, 1.165) is 35.1 Å². The Balaban J connectivity index is 1.42. The van der Waals surface area contributed by atoms with Gasteiger partial charge in [-0.2, -0.15) is 0 Å². The molecule has 2 N–H and O–H groups in total. The van der Waals surface area contributed by atoms with E-state index in [-0.39, 0.29) is 30.9 Å². The van der Waals surface area contributed by atoms with Crippen LogP contribution in [0.5, 0.6) is 0 Å². The molecule has 0 aromatic heterocycles. The van der Waals surface area contributed by atoms with Crippen molar-refractivity contribution in [3.8, 4) is 11.1 Å². The predicted molar refractivity (Wildman–Crippen MR) is 129 cm³/mol. The van der Waals surface area contributed by atoms with Gasteiger partial charge in [0.05, 0.1) is 6.42 Å². The number of hydrogen-bond acceptors (Lipinski definition) is 4. The van der Waals surface area contributed by atoms with E-state index < -0.39 is 18.1 Å². The number of carbonyl (C=O) groups is 3. The number of aliphatic carboxylic acids is 1. The van der Waals surface area contributed by atoms with Crippen LogP contribution < -0.4 is 5.32 Å². The van der Waals surface area contributed by atoms with Crippen molar-refractivity contribution in [2.75, 3.05) is 13.2 Å². The summed E-state index contributed by atoms with van der Waals surface area (Å²) in [4.78, 5) is 38.9. The normalized spacial score (nSPS) is 18.0. The SMILES string of the molecule is CCC[C@@H](NC(=O)OCC1c2ccccc2-c2ccccc21)C(=O)N1CCCCC1CC(=O)O. The Hall–Kier alpha value is -3.35. The highest BCUT2D eigenvalue weighted by Gasteiger charge is 2.34. The lowest BCUT2D eigenvalue weighted by Gasteiger charge is -2.37. The lowest BCUT2D eigenvalue weighted by molar-refractivity contribution is -0.143. The van der Waals surface area contributed by atoms with Crippen molar-refractivity contribution in [3.63, 3.8) is 0 Å². The maximum absolute atomic E-state index is 13.3. The Bertz CT molecular complexity index is 1010. The third-order valence-corrected chi connectivity index (χ3v) is 6.83. The van der Waals surface area contributed by atoms with Crippen LogP contribution in [-0.4, -0.2) is 53.2 Å². The summed E-state index contributed by atoms with van der Waals surface area (Å²) in [5.41, 5.74) is 4.56. The molecule has 1 fully saturated rings. The lowest BCUT2D eigenvalue weighted by atomic mass is 9.97. The van der Waals surface area contributed by atoms with Gasteiger partial charge in [0, 0.05) is 18.5 Å². The van der Waals surface area contributed by atoms with E-state index in [4.69, 9.17) is 4.74 Å². The monoisotopic (exact) mass is 464 g/mol. The number of carboxylic acid groups (broad SMARTS) is 1. The molecule has 2 aliphatic rings. The smallest absolute Gasteiger partial charge is 0.407 e. The number of nitrogens with one attached hydrogen (secondary N) is 1. The molecular formula is C27H32N2O5. The molecule has 2 aromatic rings. The Labute approximate surface area is 200 Å². The van der Waals surface area contributed by atoms with Crippen LogP contribution in [0.1, 0.15) is 62.5 Å². The van der Waals surface area contributed by atoms with E-state index in [1.807, 2.05) is 31.2 Å². The Morgan fingerprint density at radius 3 is 2.32 bits per heavy atom. The number of alkyl carbamates (subject to hydrolysis) is 1. The van der Waals surface area contributed by atoms with Crippen molar-refractivity contribution in [1.29, 1.82) is 0 Å². The van der Waals surface area contributed by atoms with Crippen molar-refractivity contribution >= 4 is 18.0 Å². The van der Waals surface area contributed by atoms with Crippen LogP contribution in [0, 0.1) is 0 Å². The number of hydrogen-bond donors (Lipinski definition) is 2. The van der Waals surface area contributed by atoms with E-state index in [9.17, 15) is 19.5 Å². The maximum atomic E-state index is 13.3. The zero-order chi connectivity index (χ0) is 24.1. The highest BCUT2D eigenvalue weighted by Crippen LogP contribution is 2.44. The Kier molecular flexibility index (Phi) is 7.50. The molecule has 34 heavy (non-hydrogen) atoms. The second kappa shape index (κ2) is 10.7. The molecule has 7 nitrogen and oxygen atoms in total. The number of amides is 2. The van der Waals surface area contributed by atoms with Gasteiger partial charge in [-0.25, -0.2) is 4.79 Å². The molecule has 4 rings (SSSR count). The number of piperidine rings is 1. The Morgan fingerprint density at radius 2 is 1.71 bits per heavy atom. The minimum absolute atomic E-state index is 0.0551. The van der Waals surface area contributed by atoms with Crippen molar-refractivity contribution in [2.45, 2.75) is 63.5 Å². The number of likely N-dealkylation sites (tertiary alicyclic amines) is 1. The number of fused-ring (bicyclic) bond motifs is 3. The molecule has 2 amide bonds. The van der Waals surface area contributed by atoms with Crippen LogP contribution in [0.15, 0.2) is 48.5 Å². The second-order valence-corrected chi connectivity index (χ2v) is 9.09. The minimum atomic E-state index is -0.916. The number of nitrogens with zero attached hydrogens (tertiary/aromatic N) is 1. The first-order valence-corrected chi connectivity index (χ1v) is 12.1. The first-order valence-electron chi connectivity index (χ1n) is 12.1. The molecule has 0 radical (unpaired) electrons. The lowest BCUT2D eigenvalue weighted by Crippen LogP contribution is -2.54. The number of rotatable bonds is 8. The highest BCUT2D eigenvalue weighted by molar-refractivity contribution is 5.86. The fraction of sp³-hybridized carbons (Fsp3) is 0.444. The summed E-state index contributed by atoms with van der Waals surface area (Å²) in [5, 5.41) is 12.0. The molecular weight excluding hydrogens is 432 g/mol. The van der Waals surface area contributed by atoms with E-state index >= 15 is 0 Å². The molecule has 2 atom stereocenters. The summed E-state index contributed by atoms with van der Waals surface area (Å²) in [5.74, 6) is -1.19. The molecule has 1 saturated heterocycles. The molecule has 0 bridgehead atoms. The second-order valence-electron chi connectivity index (χ2n) is 9.09. The van der Waals surface area contributed by atoms with Gasteiger partial charge in [0.15, 0.2) is 0 Å². The number of carbonyl (C=O) groups excluding carboxylic acids is 2. The van der Waals surface area contributed by atoms with Crippen molar-refractivity contribution in [1.82, 2.24) is 10.2 Å². The molecule has 0 spiro atoms. The first-order chi connectivity index (χ1) is 16.5. The third kappa shape index (κ3) is 5.08. The van der Waals surface area contributed by atoms with Gasteiger partial charge in [-0.15, -0.1) is 0 Å². The van der Waals surface area contributed by atoms with Crippen LogP contribution in [0.3, 0.4) is 0 Å². The number of ether oxygens (including phenoxy) is 1. The molecule has 180 valence electrons. The van der Waals surface area contributed by atoms with E-state index in [1.54, 1.807) is 4.90 Å². The van der Waals surface area contributed by atoms with Crippen molar-refractivity contribution in [3.05, 3.63) is 59.7 Å². The van der Waals surface area contributed by atoms with Gasteiger partial charge in [0.25, 0.3) is 0 Å². The van der Waals surface area contributed by atoms with Crippen LogP contribution >= 0.6 is 0 Å². The molecule has 0 saturated carbocycles. The van der Waals surface area contributed by atoms with Gasteiger partial charge in [0.2, 0.25) is 5.91 Å². The largest absolute Gasteiger partial charge is 0.481 e. The summed E-state index contributed by atoms with van der Waals surface area (Å²) in [7, 11) is 0. The standard InChI is InChI=1S/C27H32N2O5/c1-2-9-24(26(32)29-15-8-7-10-18(29)16-25(30)31)28-27(33)34-17-23-21-13-5-3-11-19(21)20-12-4-6-14-22(20)23/h3-6,11-14,18,23-24H,2,7-10,15-17H2,1H3,(H,28,33)(H,30,31)/t18?,24-/m1/s1. The molecule has 1 aliphatic carbocycles. The van der Waals surface area contributed by atoms with Gasteiger partial charge < -0.3 is 20.1 Å². The van der Waals surface area contributed by atoms with Gasteiger partial charge >= 0.3 is 12.1 Å². The molecule has 1 unspecified atom stereocenters. The molecule has 1 aliphatic heterocycles. The summed E-state index contributed by atoms with van der Waals surface area (Å²) < 4.78 is 5.63. The van der Waals surface area contributed by atoms with Gasteiger partial charge in [0.1, 0.15) is 12.6 Å². The quantitative estimate of drug-likeness (QED) is 0.598. The number of benzene rings is 2.